The molecule has 0 aromatic carbocycles. The van der Waals surface area contributed by atoms with E-state index in [1.54, 1.807) is 7.05 Å². The standard InChI is InChI=1S/C12H19N5O3/c1-17(6-9-14-8-15-16-9)11(20)13-7-12(3-2-4-12)5-10(18)19/h8H,2-7H2,1H3,(H,13,20)(H,18,19)(H,14,15,16). The number of aromatic amines is 1. The smallest absolute Gasteiger partial charge is 0.317 e. The molecule has 2 amide bonds. The molecule has 1 saturated carbocycles. The van der Waals surface area contributed by atoms with E-state index in [1.807, 2.05) is 0 Å². The summed E-state index contributed by atoms with van der Waals surface area (Å²) in [7, 11) is 1.66. The van der Waals surface area contributed by atoms with Crippen molar-refractivity contribution in [2.75, 3.05) is 13.6 Å². The van der Waals surface area contributed by atoms with E-state index in [9.17, 15) is 9.59 Å². The Balaban J connectivity index is 1.80. The zero-order valence-electron chi connectivity index (χ0n) is 11.4. The van der Waals surface area contributed by atoms with Gasteiger partial charge >= 0.3 is 12.0 Å². The first-order chi connectivity index (χ1) is 9.51. The summed E-state index contributed by atoms with van der Waals surface area (Å²) < 4.78 is 0. The molecule has 2 rings (SSSR count). The van der Waals surface area contributed by atoms with Crippen LogP contribution in [-0.4, -0.2) is 50.8 Å². The number of carboxylic acid groups (broad SMARTS) is 1. The van der Waals surface area contributed by atoms with Crippen LogP contribution in [0.1, 0.15) is 31.5 Å². The lowest BCUT2D eigenvalue weighted by atomic mass is 9.66. The van der Waals surface area contributed by atoms with Crippen molar-refractivity contribution < 1.29 is 14.7 Å². The van der Waals surface area contributed by atoms with Crippen LogP contribution in [0.3, 0.4) is 0 Å². The maximum absolute atomic E-state index is 11.9. The molecular weight excluding hydrogens is 262 g/mol. The highest BCUT2D eigenvalue weighted by molar-refractivity contribution is 5.74. The van der Waals surface area contributed by atoms with Crippen LogP contribution in [0.5, 0.6) is 0 Å². The summed E-state index contributed by atoms with van der Waals surface area (Å²) in [5.41, 5.74) is -0.269. The molecule has 0 aliphatic heterocycles. The van der Waals surface area contributed by atoms with Gasteiger partial charge in [0.25, 0.3) is 0 Å². The summed E-state index contributed by atoms with van der Waals surface area (Å²) in [6, 6.07) is -0.238. The Labute approximate surface area is 116 Å². The van der Waals surface area contributed by atoms with Crippen molar-refractivity contribution in [3.63, 3.8) is 0 Å². The van der Waals surface area contributed by atoms with Crippen LogP contribution in [0.25, 0.3) is 0 Å². The number of nitrogens with zero attached hydrogens (tertiary/aromatic N) is 3. The van der Waals surface area contributed by atoms with E-state index in [2.05, 4.69) is 20.5 Å². The Morgan fingerprint density at radius 2 is 2.30 bits per heavy atom. The van der Waals surface area contributed by atoms with Crippen molar-refractivity contribution in [3.8, 4) is 0 Å². The summed E-state index contributed by atoms with van der Waals surface area (Å²) in [5.74, 6) is -0.208. The third kappa shape index (κ3) is 3.46. The van der Waals surface area contributed by atoms with Gasteiger partial charge in [0, 0.05) is 13.6 Å². The maximum Gasteiger partial charge on any atom is 0.317 e. The second-order valence-corrected chi connectivity index (χ2v) is 5.37. The van der Waals surface area contributed by atoms with Crippen LogP contribution in [0.4, 0.5) is 4.79 Å². The Hall–Kier alpha value is -2.12. The topological polar surface area (TPSA) is 111 Å². The normalized spacial score (nSPS) is 16.2. The van der Waals surface area contributed by atoms with Crippen LogP contribution in [-0.2, 0) is 11.3 Å². The number of amides is 2. The first-order valence-electron chi connectivity index (χ1n) is 6.56. The molecule has 110 valence electrons. The summed E-state index contributed by atoms with van der Waals surface area (Å²) >= 11 is 0. The van der Waals surface area contributed by atoms with Crippen LogP contribution in [0.2, 0.25) is 0 Å². The average Bonchev–Trinajstić information content (AvgIpc) is 2.84. The van der Waals surface area contributed by atoms with Gasteiger partial charge in [-0.3, -0.25) is 9.89 Å². The Kier molecular flexibility index (Phi) is 4.21. The van der Waals surface area contributed by atoms with Gasteiger partial charge in [0.1, 0.15) is 12.2 Å². The lowest BCUT2D eigenvalue weighted by molar-refractivity contribution is -0.141. The predicted octanol–water partition coefficient (Wildman–Crippen LogP) is 0.591. The number of nitrogens with one attached hydrogen (secondary N) is 2. The van der Waals surface area contributed by atoms with Gasteiger partial charge in [0.2, 0.25) is 0 Å². The Morgan fingerprint density at radius 1 is 1.55 bits per heavy atom. The highest BCUT2D eigenvalue weighted by Crippen LogP contribution is 2.43. The van der Waals surface area contributed by atoms with Gasteiger partial charge < -0.3 is 15.3 Å². The van der Waals surface area contributed by atoms with E-state index in [-0.39, 0.29) is 17.9 Å². The van der Waals surface area contributed by atoms with Crippen molar-refractivity contribution >= 4 is 12.0 Å². The van der Waals surface area contributed by atoms with Gasteiger partial charge in [0.05, 0.1) is 13.0 Å². The number of carbonyl (C=O) groups excluding carboxylic acids is 1. The maximum atomic E-state index is 11.9. The summed E-state index contributed by atoms with van der Waals surface area (Å²) in [5, 5.41) is 18.1. The van der Waals surface area contributed by atoms with Crippen LogP contribution in [0.15, 0.2) is 6.33 Å². The highest BCUT2D eigenvalue weighted by Gasteiger charge is 2.39. The van der Waals surface area contributed by atoms with Crippen LogP contribution in [0, 0.1) is 5.41 Å². The number of hydrogen-bond acceptors (Lipinski definition) is 4. The fourth-order valence-electron chi connectivity index (χ4n) is 2.42. The van der Waals surface area contributed by atoms with Gasteiger partial charge in [-0.25, -0.2) is 9.78 Å². The minimum absolute atomic E-state index is 0.110. The molecule has 0 spiro atoms. The first-order valence-corrected chi connectivity index (χ1v) is 6.56. The molecule has 1 fully saturated rings. The number of aromatic nitrogens is 3. The van der Waals surface area contributed by atoms with Gasteiger partial charge in [-0.05, 0) is 18.3 Å². The average molecular weight is 281 g/mol. The minimum Gasteiger partial charge on any atom is -0.481 e. The largest absolute Gasteiger partial charge is 0.481 e. The monoisotopic (exact) mass is 281 g/mol. The van der Waals surface area contributed by atoms with Crippen molar-refractivity contribution in [2.45, 2.75) is 32.2 Å². The zero-order valence-corrected chi connectivity index (χ0v) is 11.4. The van der Waals surface area contributed by atoms with Crippen LogP contribution >= 0.6 is 0 Å². The number of hydrogen-bond donors (Lipinski definition) is 3. The summed E-state index contributed by atoms with van der Waals surface area (Å²) in [4.78, 5) is 28.2. The molecule has 0 atom stereocenters. The number of urea groups is 1. The fourth-order valence-corrected chi connectivity index (χ4v) is 2.42. The molecule has 0 radical (unpaired) electrons. The van der Waals surface area contributed by atoms with Crippen molar-refractivity contribution in [3.05, 3.63) is 12.2 Å². The fraction of sp³-hybridized carbons (Fsp3) is 0.667. The van der Waals surface area contributed by atoms with Gasteiger partial charge in [-0.1, -0.05) is 6.42 Å². The highest BCUT2D eigenvalue weighted by atomic mass is 16.4. The number of aliphatic carboxylic acids is 1. The van der Waals surface area contributed by atoms with E-state index in [1.165, 1.54) is 11.2 Å². The molecule has 1 aliphatic rings. The number of carboxylic acids is 1. The van der Waals surface area contributed by atoms with Crippen LogP contribution < -0.4 is 5.32 Å². The molecular formula is C12H19N5O3. The first kappa shape index (κ1) is 14.3. The van der Waals surface area contributed by atoms with E-state index >= 15 is 0 Å². The van der Waals surface area contributed by atoms with Gasteiger partial charge in [0.15, 0.2) is 0 Å². The second kappa shape index (κ2) is 5.89. The lowest BCUT2D eigenvalue weighted by Crippen LogP contribution is -2.46. The molecule has 3 N–H and O–H groups in total. The Morgan fingerprint density at radius 3 is 2.80 bits per heavy atom. The Bertz CT molecular complexity index is 469. The second-order valence-electron chi connectivity index (χ2n) is 5.37. The minimum atomic E-state index is -0.811. The van der Waals surface area contributed by atoms with E-state index < -0.39 is 5.97 Å². The third-order valence-electron chi connectivity index (χ3n) is 3.75. The zero-order chi connectivity index (χ0) is 14.6. The molecule has 8 heteroatoms. The number of carbonyl (C=O) groups is 2. The molecule has 20 heavy (non-hydrogen) atoms. The SMILES string of the molecule is CN(Cc1ncn[nH]1)C(=O)NCC1(CC(=O)O)CCC1. The molecule has 1 aliphatic carbocycles. The number of H-pyrrole nitrogens is 1. The molecule has 1 aromatic heterocycles. The van der Waals surface area contributed by atoms with Gasteiger partial charge in [-0.15, -0.1) is 0 Å². The molecule has 1 heterocycles. The van der Waals surface area contributed by atoms with Crippen molar-refractivity contribution in [1.29, 1.82) is 0 Å². The van der Waals surface area contributed by atoms with Crippen molar-refractivity contribution in [2.24, 2.45) is 5.41 Å². The molecule has 1 aromatic rings. The summed E-state index contributed by atoms with van der Waals surface area (Å²) in [6.45, 7) is 0.733. The quantitative estimate of drug-likeness (QED) is 0.706. The molecule has 0 saturated heterocycles. The third-order valence-corrected chi connectivity index (χ3v) is 3.75. The summed E-state index contributed by atoms with van der Waals surface area (Å²) in [6.07, 6.45) is 4.23. The van der Waals surface area contributed by atoms with E-state index in [0.29, 0.717) is 18.9 Å². The van der Waals surface area contributed by atoms with Crippen molar-refractivity contribution in [1.82, 2.24) is 25.4 Å². The predicted molar refractivity (Wildman–Crippen MR) is 69.8 cm³/mol. The number of rotatable bonds is 6. The van der Waals surface area contributed by atoms with E-state index in [0.717, 1.165) is 19.3 Å². The molecule has 0 unspecified atom stereocenters. The lowest BCUT2D eigenvalue weighted by Gasteiger charge is -2.41. The van der Waals surface area contributed by atoms with Gasteiger partial charge in [-0.2, -0.15) is 5.10 Å². The molecule has 8 nitrogen and oxygen atoms in total. The molecule has 0 bridgehead atoms. The van der Waals surface area contributed by atoms with E-state index in [4.69, 9.17) is 5.11 Å².